The summed E-state index contributed by atoms with van der Waals surface area (Å²) in [5, 5.41) is 11.9. The lowest BCUT2D eigenvalue weighted by atomic mass is 9.87. The van der Waals surface area contributed by atoms with Crippen LogP contribution in [-0.2, 0) is 0 Å². The van der Waals surface area contributed by atoms with Gasteiger partial charge in [-0.15, -0.1) is 11.8 Å². The van der Waals surface area contributed by atoms with E-state index in [1.165, 1.54) is 0 Å². The van der Waals surface area contributed by atoms with Crippen LogP contribution in [0.15, 0.2) is 29.2 Å². The monoisotopic (exact) mass is 331 g/mol. The highest BCUT2D eigenvalue weighted by Gasteiger charge is 2.26. The van der Waals surface area contributed by atoms with Crippen molar-refractivity contribution < 1.29 is 4.92 Å². The molecule has 18 heavy (non-hydrogen) atoms. The summed E-state index contributed by atoms with van der Waals surface area (Å²) in [6.45, 7) is 4.34. The third kappa shape index (κ3) is 3.72. The Hall–Kier alpha value is -0.550. The van der Waals surface area contributed by atoms with Crippen LogP contribution in [0.25, 0.3) is 0 Å². The van der Waals surface area contributed by atoms with Gasteiger partial charge in [0.15, 0.2) is 0 Å². The second-order valence-corrected chi connectivity index (χ2v) is 5.93. The molecular formula is C13H18BrNO2S. The van der Waals surface area contributed by atoms with Crippen molar-refractivity contribution in [2.75, 3.05) is 11.1 Å². The van der Waals surface area contributed by atoms with Crippen LogP contribution in [0.4, 0.5) is 5.69 Å². The Morgan fingerprint density at radius 1 is 1.33 bits per heavy atom. The zero-order valence-electron chi connectivity index (χ0n) is 10.7. The Kier molecular flexibility index (Phi) is 6.15. The van der Waals surface area contributed by atoms with Gasteiger partial charge in [0.05, 0.1) is 9.82 Å². The number of hydrogen-bond acceptors (Lipinski definition) is 3. The molecule has 0 saturated carbocycles. The quantitative estimate of drug-likeness (QED) is 0.309. The summed E-state index contributed by atoms with van der Waals surface area (Å²) >= 11 is 5.15. The first kappa shape index (κ1) is 15.5. The first-order valence-electron chi connectivity index (χ1n) is 6.00. The summed E-state index contributed by atoms with van der Waals surface area (Å²) in [5.41, 5.74) is 0.423. The van der Waals surface area contributed by atoms with Crippen molar-refractivity contribution in [3.05, 3.63) is 34.4 Å². The normalized spacial score (nSPS) is 11.5. The number of rotatable bonds is 7. The van der Waals surface area contributed by atoms with E-state index in [2.05, 4.69) is 29.8 Å². The van der Waals surface area contributed by atoms with E-state index in [1.54, 1.807) is 23.9 Å². The molecule has 3 nitrogen and oxygen atoms in total. The summed E-state index contributed by atoms with van der Waals surface area (Å²) in [5.74, 6) is 0.899. The first-order valence-corrected chi connectivity index (χ1v) is 8.11. The molecule has 0 unspecified atom stereocenters. The molecule has 5 heteroatoms. The lowest BCUT2D eigenvalue weighted by molar-refractivity contribution is -0.387. The second kappa shape index (κ2) is 7.14. The van der Waals surface area contributed by atoms with Crippen LogP contribution in [0, 0.1) is 15.5 Å². The van der Waals surface area contributed by atoms with Crippen molar-refractivity contribution in [2.24, 2.45) is 5.41 Å². The van der Waals surface area contributed by atoms with Crippen molar-refractivity contribution >= 4 is 33.4 Å². The van der Waals surface area contributed by atoms with Gasteiger partial charge >= 0.3 is 0 Å². The number of nitro benzene ring substituents is 1. The minimum atomic E-state index is -0.309. The van der Waals surface area contributed by atoms with E-state index in [4.69, 9.17) is 0 Å². The lowest BCUT2D eigenvalue weighted by Gasteiger charge is -2.28. The summed E-state index contributed by atoms with van der Waals surface area (Å²) in [7, 11) is 0. The summed E-state index contributed by atoms with van der Waals surface area (Å²) in [6.07, 6.45) is 2.14. The van der Waals surface area contributed by atoms with Gasteiger partial charge in [-0.1, -0.05) is 41.9 Å². The molecule has 0 fully saturated rings. The first-order chi connectivity index (χ1) is 8.58. The molecule has 0 spiro atoms. The zero-order chi connectivity index (χ0) is 13.6. The molecule has 0 aliphatic heterocycles. The van der Waals surface area contributed by atoms with Crippen LogP contribution >= 0.6 is 27.7 Å². The van der Waals surface area contributed by atoms with Crippen molar-refractivity contribution in [3.8, 4) is 0 Å². The minimum absolute atomic E-state index is 0.207. The second-order valence-electron chi connectivity index (χ2n) is 4.35. The van der Waals surface area contributed by atoms with E-state index in [9.17, 15) is 10.1 Å². The molecule has 0 amide bonds. The molecule has 0 heterocycles. The number of nitrogens with zero attached hydrogens (tertiary/aromatic N) is 1. The van der Waals surface area contributed by atoms with Crippen molar-refractivity contribution in [2.45, 2.75) is 31.6 Å². The highest BCUT2D eigenvalue weighted by Crippen LogP contribution is 2.38. The predicted octanol–water partition coefficient (Wildman–Crippen LogP) is 4.89. The number of para-hydroxylation sites is 1. The third-order valence-corrected chi connectivity index (χ3v) is 5.98. The molecule has 0 bridgehead atoms. The molecule has 0 aliphatic rings. The average molecular weight is 332 g/mol. The van der Waals surface area contributed by atoms with Crippen molar-refractivity contribution in [3.63, 3.8) is 0 Å². The Morgan fingerprint density at radius 3 is 2.44 bits per heavy atom. The van der Waals surface area contributed by atoms with Gasteiger partial charge in [-0.25, -0.2) is 0 Å². The predicted molar refractivity (Wildman–Crippen MR) is 80.6 cm³/mol. The van der Waals surface area contributed by atoms with Crippen LogP contribution in [0.5, 0.6) is 0 Å². The van der Waals surface area contributed by atoms with Crippen molar-refractivity contribution in [1.82, 2.24) is 0 Å². The summed E-state index contributed by atoms with van der Waals surface area (Å²) in [6, 6.07) is 6.95. The van der Waals surface area contributed by atoms with Crippen molar-refractivity contribution in [1.29, 1.82) is 0 Å². The summed E-state index contributed by atoms with van der Waals surface area (Å²) < 4.78 is 0. The fraction of sp³-hybridized carbons (Fsp3) is 0.538. The maximum Gasteiger partial charge on any atom is 0.282 e. The van der Waals surface area contributed by atoms with Crippen LogP contribution in [0.2, 0.25) is 0 Å². The number of nitro groups is 1. The number of hydrogen-bond donors (Lipinski definition) is 0. The van der Waals surface area contributed by atoms with E-state index in [1.807, 2.05) is 12.1 Å². The highest BCUT2D eigenvalue weighted by atomic mass is 79.9. The minimum Gasteiger partial charge on any atom is -0.258 e. The van der Waals surface area contributed by atoms with E-state index < -0.39 is 0 Å². The van der Waals surface area contributed by atoms with Gasteiger partial charge in [0.1, 0.15) is 0 Å². The van der Waals surface area contributed by atoms with Crippen LogP contribution in [-0.4, -0.2) is 16.0 Å². The van der Waals surface area contributed by atoms with E-state index >= 15 is 0 Å². The molecule has 1 aromatic rings. The van der Waals surface area contributed by atoms with Gasteiger partial charge < -0.3 is 0 Å². The molecule has 1 rings (SSSR count). The maximum atomic E-state index is 10.9. The Labute approximate surface area is 121 Å². The average Bonchev–Trinajstić information content (AvgIpc) is 2.41. The molecule has 0 aromatic heterocycles. The fourth-order valence-corrected chi connectivity index (χ4v) is 4.33. The Balaban J connectivity index is 2.83. The molecule has 1 aromatic carbocycles. The topological polar surface area (TPSA) is 43.1 Å². The number of halogens is 1. The number of alkyl halides is 1. The van der Waals surface area contributed by atoms with Gasteiger partial charge in [-0.2, -0.15) is 0 Å². The van der Waals surface area contributed by atoms with Gasteiger partial charge in [-0.05, 0) is 24.3 Å². The molecule has 0 radical (unpaired) electrons. The standard InChI is InChI=1S/C13H18BrNO2S/c1-3-13(4-2,9-14)10-18-12-8-6-5-7-11(12)15(16)17/h5-8H,3-4,9-10H2,1-2H3. The van der Waals surface area contributed by atoms with E-state index in [0.717, 1.165) is 28.8 Å². The molecular weight excluding hydrogens is 314 g/mol. The lowest BCUT2D eigenvalue weighted by Crippen LogP contribution is -2.23. The Bertz CT molecular complexity index is 399. The molecule has 100 valence electrons. The smallest absolute Gasteiger partial charge is 0.258 e. The SMILES string of the molecule is CCC(CC)(CBr)CSc1ccccc1[N+](=O)[O-]. The van der Waals surface area contributed by atoms with Crippen LogP contribution in [0.3, 0.4) is 0 Å². The third-order valence-electron chi connectivity index (χ3n) is 3.38. The van der Waals surface area contributed by atoms with Gasteiger partial charge in [-0.3, -0.25) is 10.1 Å². The van der Waals surface area contributed by atoms with Crippen LogP contribution in [0.1, 0.15) is 26.7 Å². The van der Waals surface area contributed by atoms with Gasteiger partial charge in [0, 0.05) is 17.1 Å². The Morgan fingerprint density at radius 2 is 1.94 bits per heavy atom. The largest absolute Gasteiger partial charge is 0.282 e. The molecule has 0 N–H and O–H groups in total. The summed E-state index contributed by atoms with van der Waals surface area (Å²) in [4.78, 5) is 11.4. The van der Waals surface area contributed by atoms with Gasteiger partial charge in [0.2, 0.25) is 0 Å². The fourth-order valence-electron chi connectivity index (χ4n) is 1.64. The highest BCUT2D eigenvalue weighted by molar-refractivity contribution is 9.09. The number of thioether (sulfide) groups is 1. The van der Waals surface area contributed by atoms with Gasteiger partial charge in [0.25, 0.3) is 5.69 Å². The zero-order valence-corrected chi connectivity index (χ0v) is 13.1. The van der Waals surface area contributed by atoms with Crippen LogP contribution < -0.4 is 0 Å². The molecule has 0 aliphatic carbocycles. The maximum absolute atomic E-state index is 10.9. The molecule has 0 atom stereocenters. The van der Waals surface area contributed by atoms with E-state index in [0.29, 0.717) is 0 Å². The van der Waals surface area contributed by atoms with E-state index in [-0.39, 0.29) is 16.0 Å². The number of benzene rings is 1. The molecule has 0 saturated heterocycles.